The second-order valence-corrected chi connectivity index (χ2v) is 7.00. The summed E-state index contributed by atoms with van der Waals surface area (Å²) in [6.07, 6.45) is 6.34. The number of thiazole rings is 1. The molecule has 0 amide bonds. The highest BCUT2D eigenvalue weighted by atomic mass is 32.1. The van der Waals surface area contributed by atoms with Gasteiger partial charge in [-0.1, -0.05) is 0 Å². The van der Waals surface area contributed by atoms with Gasteiger partial charge in [-0.2, -0.15) is 0 Å². The molecule has 0 unspecified atom stereocenters. The molecule has 0 aromatic carbocycles. The van der Waals surface area contributed by atoms with Crippen LogP contribution in [0.15, 0.2) is 12.5 Å². The Morgan fingerprint density at radius 3 is 2.91 bits per heavy atom. The smallest absolute Gasteiger partial charge is 0.185 e. The molecular weight excluding hydrogens is 312 g/mol. The van der Waals surface area contributed by atoms with E-state index >= 15 is 0 Å². The molecule has 126 valence electrons. The van der Waals surface area contributed by atoms with Crippen molar-refractivity contribution in [3.63, 3.8) is 0 Å². The van der Waals surface area contributed by atoms with Gasteiger partial charge in [0.15, 0.2) is 5.13 Å². The molecule has 3 rings (SSSR count). The minimum Gasteiger partial charge on any atom is -0.383 e. The Morgan fingerprint density at radius 1 is 1.30 bits per heavy atom. The van der Waals surface area contributed by atoms with Crippen molar-refractivity contribution in [2.24, 2.45) is 0 Å². The molecule has 0 bridgehead atoms. The van der Waals surface area contributed by atoms with Crippen LogP contribution in [0.3, 0.4) is 0 Å². The lowest BCUT2D eigenvalue weighted by Crippen LogP contribution is -2.20. The lowest BCUT2D eigenvalue weighted by molar-refractivity contribution is 0.184. The van der Waals surface area contributed by atoms with Crippen LogP contribution in [-0.4, -0.2) is 58.5 Å². The Hall–Kier alpha value is -1.51. The predicted octanol–water partition coefficient (Wildman–Crippen LogP) is 1.61. The summed E-state index contributed by atoms with van der Waals surface area (Å²) in [7, 11) is 3.81. The minimum atomic E-state index is 0.669. The normalized spacial score (nSPS) is 15.0. The van der Waals surface area contributed by atoms with E-state index in [0.29, 0.717) is 6.61 Å². The van der Waals surface area contributed by atoms with Gasteiger partial charge in [-0.25, -0.2) is 4.98 Å². The molecule has 0 saturated carbocycles. The van der Waals surface area contributed by atoms with Crippen molar-refractivity contribution in [2.75, 3.05) is 38.8 Å². The van der Waals surface area contributed by atoms with E-state index in [0.717, 1.165) is 43.7 Å². The average Bonchev–Trinajstić information content (AvgIpc) is 3.26. The van der Waals surface area contributed by atoms with Crippen molar-refractivity contribution < 1.29 is 4.74 Å². The summed E-state index contributed by atoms with van der Waals surface area (Å²) in [5, 5.41) is 9.38. The van der Waals surface area contributed by atoms with Crippen LogP contribution in [0.2, 0.25) is 0 Å². The molecule has 1 aliphatic heterocycles. The van der Waals surface area contributed by atoms with E-state index in [-0.39, 0.29) is 0 Å². The van der Waals surface area contributed by atoms with Crippen LogP contribution in [-0.2, 0) is 24.4 Å². The molecule has 2 aromatic heterocycles. The highest BCUT2D eigenvalue weighted by molar-refractivity contribution is 7.15. The maximum absolute atomic E-state index is 5.12. The van der Waals surface area contributed by atoms with Crippen LogP contribution in [0.4, 0.5) is 5.13 Å². The third-order valence-electron chi connectivity index (χ3n) is 3.99. The van der Waals surface area contributed by atoms with Gasteiger partial charge in [-0.05, 0) is 19.9 Å². The van der Waals surface area contributed by atoms with Crippen molar-refractivity contribution in [1.82, 2.24) is 24.6 Å². The first kappa shape index (κ1) is 16.4. The Kier molecular flexibility index (Phi) is 5.58. The number of aromatic nitrogens is 4. The molecule has 1 fully saturated rings. The number of hydrogen-bond acceptors (Lipinski definition) is 7. The SMILES string of the molecule is COCCn1cnnc1CN(C)Cc1cnc(N2CCCC2)s1. The second-order valence-electron chi connectivity index (χ2n) is 5.91. The number of methoxy groups -OCH3 is 1. The van der Waals surface area contributed by atoms with E-state index in [9.17, 15) is 0 Å². The monoisotopic (exact) mass is 336 g/mol. The first-order chi connectivity index (χ1) is 11.3. The summed E-state index contributed by atoms with van der Waals surface area (Å²) in [6, 6.07) is 0. The van der Waals surface area contributed by atoms with Gasteiger partial charge in [-0.3, -0.25) is 4.90 Å². The lowest BCUT2D eigenvalue weighted by Gasteiger charge is -2.15. The molecule has 1 saturated heterocycles. The summed E-state index contributed by atoms with van der Waals surface area (Å²) in [4.78, 5) is 10.5. The molecule has 0 atom stereocenters. The van der Waals surface area contributed by atoms with E-state index in [4.69, 9.17) is 4.74 Å². The van der Waals surface area contributed by atoms with Crippen molar-refractivity contribution in [2.45, 2.75) is 32.5 Å². The van der Waals surface area contributed by atoms with E-state index in [2.05, 4.69) is 32.0 Å². The molecule has 0 radical (unpaired) electrons. The largest absolute Gasteiger partial charge is 0.383 e. The summed E-state index contributed by atoms with van der Waals surface area (Å²) >= 11 is 1.80. The topological polar surface area (TPSA) is 59.3 Å². The fraction of sp³-hybridized carbons (Fsp3) is 0.667. The van der Waals surface area contributed by atoms with Gasteiger partial charge >= 0.3 is 0 Å². The highest BCUT2D eigenvalue weighted by Gasteiger charge is 2.16. The van der Waals surface area contributed by atoms with E-state index < -0.39 is 0 Å². The van der Waals surface area contributed by atoms with Gasteiger partial charge < -0.3 is 14.2 Å². The van der Waals surface area contributed by atoms with Crippen molar-refractivity contribution in [1.29, 1.82) is 0 Å². The third kappa shape index (κ3) is 4.27. The summed E-state index contributed by atoms with van der Waals surface area (Å²) in [5.41, 5.74) is 0. The fourth-order valence-corrected chi connectivity index (χ4v) is 3.81. The minimum absolute atomic E-state index is 0.669. The molecule has 0 N–H and O–H groups in total. The van der Waals surface area contributed by atoms with Crippen molar-refractivity contribution >= 4 is 16.5 Å². The second kappa shape index (κ2) is 7.85. The van der Waals surface area contributed by atoms with Crippen LogP contribution in [0.1, 0.15) is 23.5 Å². The van der Waals surface area contributed by atoms with Crippen LogP contribution in [0.5, 0.6) is 0 Å². The van der Waals surface area contributed by atoms with Gasteiger partial charge in [0.1, 0.15) is 12.2 Å². The Balaban J connectivity index is 1.55. The fourth-order valence-electron chi connectivity index (χ4n) is 2.77. The van der Waals surface area contributed by atoms with Gasteiger partial charge in [0.05, 0.1) is 13.2 Å². The molecule has 8 heteroatoms. The summed E-state index contributed by atoms with van der Waals surface area (Å²) in [6.45, 7) is 5.38. The van der Waals surface area contributed by atoms with Gasteiger partial charge in [-0.15, -0.1) is 21.5 Å². The van der Waals surface area contributed by atoms with Crippen LogP contribution >= 0.6 is 11.3 Å². The van der Waals surface area contributed by atoms with Crippen molar-refractivity contribution in [3.8, 4) is 0 Å². The Labute approximate surface area is 140 Å². The molecule has 23 heavy (non-hydrogen) atoms. The maximum atomic E-state index is 5.12. The number of nitrogens with zero attached hydrogens (tertiary/aromatic N) is 6. The number of anilines is 1. The van der Waals surface area contributed by atoms with Crippen LogP contribution < -0.4 is 4.90 Å². The summed E-state index contributed by atoms with van der Waals surface area (Å²) < 4.78 is 7.16. The molecular formula is C15H24N6OS. The first-order valence-electron chi connectivity index (χ1n) is 8.00. The van der Waals surface area contributed by atoms with E-state index in [1.807, 2.05) is 10.8 Å². The number of rotatable bonds is 8. The standard InChI is InChI=1S/C15H24N6OS/c1-19(11-14-18-17-12-21(14)7-8-22-2)10-13-9-16-15(23-13)20-5-3-4-6-20/h9,12H,3-8,10-11H2,1-2H3. The van der Waals surface area contributed by atoms with Gasteiger partial charge in [0.25, 0.3) is 0 Å². The van der Waals surface area contributed by atoms with E-state index in [1.54, 1.807) is 24.8 Å². The zero-order valence-corrected chi connectivity index (χ0v) is 14.6. The third-order valence-corrected chi connectivity index (χ3v) is 5.03. The highest BCUT2D eigenvalue weighted by Crippen LogP contribution is 2.26. The maximum Gasteiger partial charge on any atom is 0.185 e. The molecule has 7 nitrogen and oxygen atoms in total. The lowest BCUT2D eigenvalue weighted by atomic mass is 10.4. The van der Waals surface area contributed by atoms with E-state index in [1.165, 1.54) is 17.7 Å². The number of ether oxygens (including phenoxy) is 1. The average molecular weight is 336 g/mol. The zero-order valence-electron chi connectivity index (χ0n) is 13.8. The molecule has 3 heterocycles. The molecule has 0 aliphatic carbocycles. The Morgan fingerprint density at radius 2 is 2.13 bits per heavy atom. The van der Waals surface area contributed by atoms with Crippen LogP contribution in [0, 0.1) is 0 Å². The first-order valence-corrected chi connectivity index (χ1v) is 8.81. The summed E-state index contributed by atoms with van der Waals surface area (Å²) in [5.74, 6) is 0.967. The number of hydrogen-bond donors (Lipinski definition) is 0. The molecule has 2 aromatic rings. The molecule has 1 aliphatic rings. The molecule has 0 spiro atoms. The Bertz CT molecular complexity index is 607. The van der Waals surface area contributed by atoms with Crippen molar-refractivity contribution in [3.05, 3.63) is 23.2 Å². The zero-order chi connectivity index (χ0) is 16.1. The van der Waals surface area contributed by atoms with Gasteiger partial charge in [0.2, 0.25) is 0 Å². The van der Waals surface area contributed by atoms with Gasteiger partial charge in [0, 0.05) is 44.4 Å². The van der Waals surface area contributed by atoms with Crippen LogP contribution in [0.25, 0.3) is 0 Å². The predicted molar refractivity (Wildman–Crippen MR) is 90.6 cm³/mol. The quantitative estimate of drug-likeness (QED) is 0.730.